The molecule has 1 aliphatic carbocycles. The zero-order chi connectivity index (χ0) is 24.4. The van der Waals surface area contributed by atoms with Crippen molar-refractivity contribution in [3.05, 3.63) is 81.7 Å². The van der Waals surface area contributed by atoms with Gasteiger partial charge in [0.15, 0.2) is 0 Å². The number of thiophene rings is 1. The number of pyridine rings is 1. The molecular formula is C29H28N2O3S. The number of hydrogen-bond acceptors (Lipinski definition) is 5. The van der Waals surface area contributed by atoms with Gasteiger partial charge in [0, 0.05) is 15.8 Å². The molecule has 0 saturated carbocycles. The minimum Gasteiger partial charge on any atom is -0.462 e. The number of fused-ring (bicyclic) bond motifs is 2. The molecule has 0 radical (unpaired) electrons. The van der Waals surface area contributed by atoms with Crippen LogP contribution in [-0.2, 0) is 17.6 Å². The summed E-state index contributed by atoms with van der Waals surface area (Å²) in [5.41, 5.74) is 5.46. The Labute approximate surface area is 209 Å². The summed E-state index contributed by atoms with van der Waals surface area (Å²) in [6.45, 7) is 4.28. The third-order valence-electron chi connectivity index (χ3n) is 6.45. The zero-order valence-corrected chi connectivity index (χ0v) is 20.8. The summed E-state index contributed by atoms with van der Waals surface area (Å²) < 4.78 is 5.51. The second-order valence-electron chi connectivity index (χ2n) is 8.85. The van der Waals surface area contributed by atoms with E-state index in [1.807, 2.05) is 68.4 Å². The molecule has 1 N–H and O–H groups in total. The highest BCUT2D eigenvalue weighted by molar-refractivity contribution is 7.17. The maximum absolute atomic E-state index is 13.8. The molecule has 0 bridgehead atoms. The van der Waals surface area contributed by atoms with Crippen molar-refractivity contribution in [3.63, 3.8) is 0 Å². The van der Waals surface area contributed by atoms with Gasteiger partial charge in [-0.15, -0.1) is 11.3 Å². The fraction of sp³-hybridized carbons (Fsp3) is 0.276. The summed E-state index contributed by atoms with van der Waals surface area (Å²) in [6.07, 6.45) is 4.66. The van der Waals surface area contributed by atoms with Crippen LogP contribution >= 0.6 is 11.3 Å². The predicted molar refractivity (Wildman–Crippen MR) is 141 cm³/mol. The van der Waals surface area contributed by atoms with Gasteiger partial charge in [-0.05, 0) is 56.2 Å². The first kappa shape index (κ1) is 23.2. The van der Waals surface area contributed by atoms with Crippen LogP contribution in [0.5, 0.6) is 0 Å². The number of carbonyl (C=O) groups excluding carboxylic acids is 2. The van der Waals surface area contributed by atoms with Crippen LogP contribution in [0, 0.1) is 6.92 Å². The van der Waals surface area contributed by atoms with Gasteiger partial charge in [0.05, 0.1) is 28.9 Å². The number of benzene rings is 2. The highest BCUT2D eigenvalue weighted by Crippen LogP contribution is 2.39. The van der Waals surface area contributed by atoms with Crippen LogP contribution < -0.4 is 5.32 Å². The lowest BCUT2D eigenvalue weighted by atomic mass is 9.95. The number of nitrogens with one attached hydrogen (secondary N) is 1. The molecule has 1 aliphatic rings. The highest BCUT2D eigenvalue weighted by Gasteiger charge is 2.28. The van der Waals surface area contributed by atoms with E-state index in [-0.39, 0.29) is 11.9 Å². The van der Waals surface area contributed by atoms with Crippen molar-refractivity contribution in [2.75, 3.05) is 11.9 Å². The molecule has 2 aromatic heterocycles. The Morgan fingerprint density at radius 3 is 2.54 bits per heavy atom. The maximum Gasteiger partial charge on any atom is 0.341 e. The molecule has 1 amide bonds. The van der Waals surface area contributed by atoms with Gasteiger partial charge in [0.25, 0.3) is 5.91 Å². The van der Waals surface area contributed by atoms with E-state index >= 15 is 0 Å². The molecule has 0 spiro atoms. The van der Waals surface area contributed by atoms with Crippen molar-refractivity contribution in [1.82, 2.24) is 4.98 Å². The predicted octanol–water partition coefficient (Wildman–Crippen LogP) is 6.97. The third-order valence-corrected chi connectivity index (χ3v) is 7.66. The Bertz CT molecular complexity index is 1410. The Morgan fingerprint density at radius 1 is 1.00 bits per heavy atom. The number of amides is 1. The molecule has 5 nitrogen and oxygen atoms in total. The highest BCUT2D eigenvalue weighted by atomic mass is 32.1. The van der Waals surface area contributed by atoms with E-state index in [0.29, 0.717) is 22.7 Å². The van der Waals surface area contributed by atoms with Crippen LogP contribution in [0.2, 0.25) is 0 Å². The van der Waals surface area contributed by atoms with E-state index in [2.05, 4.69) is 5.32 Å². The van der Waals surface area contributed by atoms with E-state index in [1.54, 1.807) is 0 Å². The van der Waals surface area contributed by atoms with Crippen molar-refractivity contribution in [3.8, 4) is 11.3 Å². The molecule has 2 aromatic carbocycles. The number of aromatic nitrogens is 1. The number of carbonyl (C=O) groups is 2. The van der Waals surface area contributed by atoms with Crippen LogP contribution in [-0.4, -0.2) is 23.5 Å². The molecule has 178 valence electrons. The van der Waals surface area contributed by atoms with E-state index in [4.69, 9.17) is 9.72 Å². The average molecular weight is 485 g/mol. The van der Waals surface area contributed by atoms with Gasteiger partial charge >= 0.3 is 5.97 Å². The standard InChI is InChI=1S/C29H28N2O3S/c1-3-17-34-29(33)25-21-14-8-10-16-23(21)35-28(25)31-27(32)24-18(2)26(19-11-5-4-6-12-19)30-22-15-9-7-13-20(22)24/h4-7,9,11-13,15H,3,8,10,14,16-17H2,1-2H3,(H,31,32). The number of esters is 1. The minimum atomic E-state index is -0.345. The lowest BCUT2D eigenvalue weighted by molar-refractivity contribution is 0.0505. The quantitative estimate of drug-likeness (QED) is 0.300. The van der Waals surface area contributed by atoms with Crippen LogP contribution in [0.3, 0.4) is 0 Å². The van der Waals surface area contributed by atoms with Gasteiger partial charge in [-0.3, -0.25) is 4.79 Å². The van der Waals surface area contributed by atoms with Crippen LogP contribution in [0.1, 0.15) is 62.9 Å². The first-order valence-electron chi connectivity index (χ1n) is 12.2. The SMILES string of the molecule is CCCOC(=O)c1c(NC(=O)c2c(C)c(-c3ccccc3)nc3ccccc23)sc2c1CCCC2. The van der Waals surface area contributed by atoms with E-state index in [0.717, 1.165) is 65.4 Å². The molecule has 0 aliphatic heterocycles. The molecule has 0 fully saturated rings. The van der Waals surface area contributed by atoms with Crippen LogP contribution in [0.25, 0.3) is 22.2 Å². The molecule has 0 unspecified atom stereocenters. The van der Waals surface area contributed by atoms with Gasteiger partial charge in [-0.1, -0.05) is 55.5 Å². The van der Waals surface area contributed by atoms with Crippen molar-refractivity contribution < 1.29 is 14.3 Å². The number of hydrogen-bond donors (Lipinski definition) is 1. The Balaban J connectivity index is 1.60. The molecule has 4 aromatic rings. The summed E-state index contributed by atoms with van der Waals surface area (Å²) in [7, 11) is 0. The second kappa shape index (κ2) is 10.0. The molecule has 0 saturated heterocycles. The first-order valence-corrected chi connectivity index (χ1v) is 13.0. The van der Waals surface area contributed by atoms with Crippen molar-refractivity contribution in [2.45, 2.75) is 46.0 Å². The Hall–Kier alpha value is -3.51. The summed E-state index contributed by atoms with van der Waals surface area (Å²) in [4.78, 5) is 32.9. The number of rotatable bonds is 6. The monoisotopic (exact) mass is 484 g/mol. The van der Waals surface area contributed by atoms with Gasteiger partial charge in [0.1, 0.15) is 5.00 Å². The Morgan fingerprint density at radius 2 is 1.74 bits per heavy atom. The molecule has 2 heterocycles. The van der Waals surface area contributed by atoms with Gasteiger partial charge in [0.2, 0.25) is 0 Å². The summed E-state index contributed by atoms with van der Waals surface area (Å²) in [6, 6.07) is 17.6. The van der Waals surface area contributed by atoms with Gasteiger partial charge < -0.3 is 10.1 Å². The van der Waals surface area contributed by atoms with Crippen LogP contribution in [0.15, 0.2) is 54.6 Å². The average Bonchev–Trinajstić information content (AvgIpc) is 3.25. The van der Waals surface area contributed by atoms with E-state index in [1.165, 1.54) is 16.2 Å². The zero-order valence-electron chi connectivity index (χ0n) is 20.0. The number of ether oxygens (including phenoxy) is 1. The largest absolute Gasteiger partial charge is 0.462 e. The smallest absolute Gasteiger partial charge is 0.341 e. The normalized spacial score (nSPS) is 12.9. The lowest BCUT2D eigenvalue weighted by Crippen LogP contribution is -2.18. The molecule has 0 atom stereocenters. The van der Waals surface area contributed by atoms with Crippen molar-refractivity contribution in [2.24, 2.45) is 0 Å². The molecule has 35 heavy (non-hydrogen) atoms. The maximum atomic E-state index is 13.8. The molecule has 6 heteroatoms. The summed E-state index contributed by atoms with van der Waals surface area (Å²) in [5.74, 6) is -0.579. The minimum absolute atomic E-state index is 0.235. The van der Waals surface area contributed by atoms with E-state index < -0.39 is 0 Å². The molecular weight excluding hydrogens is 456 g/mol. The topological polar surface area (TPSA) is 68.3 Å². The number of aryl methyl sites for hydroxylation is 1. The van der Waals surface area contributed by atoms with Crippen LogP contribution in [0.4, 0.5) is 5.00 Å². The summed E-state index contributed by atoms with van der Waals surface area (Å²) in [5, 5.41) is 4.48. The number of nitrogens with zero attached hydrogens (tertiary/aromatic N) is 1. The lowest BCUT2D eigenvalue weighted by Gasteiger charge is -2.15. The van der Waals surface area contributed by atoms with Gasteiger partial charge in [-0.25, -0.2) is 9.78 Å². The second-order valence-corrected chi connectivity index (χ2v) is 9.95. The van der Waals surface area contributed by atoms with E-state index in [9.17, 15) is 9.59 Å². The Kier molecular flexibility index (Phi) is 6.64. The fourth-order valence-electron chi connectivity index (χ4n) is 4.78. The van der Waals surface area contributed by atoms with Crippen molar-refractivity contribution in [1.29, 1.82) is 0 Å². The first-order chi connectivity index (χ1) is 17.1. The summed E-state index contributed by atoms with van der Waals surface area (Å²) >= 11 is 1.51. The fourth-order valence-corrected chi connectivity index (χ4v) is 6.05. The number of anilines is 1. The number of para-hydroxylation sites is 1. The van der Waals surface area contributed by atoms with Gasteiger partial charge in [-0.2, -0.15) is 0 Å². The molecule has 5 rings (SSSR count). The van der Waals surface area contributed by atoms with Crippen molar-refractivity contribution >= 4 is 39.1 Å². The third kappa shape index (κ3) is 4.46.